The zero-order chi connectivity index (χ0) is 19.4. The standard InChI is InChI=1S/C19H15ClN2O4S/c1-12-4-2-3-5-17(12)26-10-13-8-18(27-11-13)19(23)21-16-9-14(22(24)25)6-7-15(16)20/h2-9,11H,10H2,1H3,(H,21,23). The molecular weight excluding hydrogens is 388 g/mol. The van der Waals surface area contributed by atoms with E-state index in [1.54, 1.807) is 6.07 Å². The van der Waals surface area contributed by atoms with Crippen LogP contribution in [0.25, 0.3) is 0 Å². The van der Waals surface area contributed by atoms with Crippen LogP contribution in [0, 0.1) is 17.0 Å². The lowest BCUT2D eigenvalue weighted by molar-refractivity contribution is -0.384. The molecule has 0 radical (unpaired) electrons. The molecule has 0 aliphatic rings. The minimum absolute atomic E-state index is 0.145. The van der Waals surface area contributed by atoms with Gasteiger partial charge in [0.05, 0.1) is 20.5 Å². The maximum atomic E-state index is 12.4. The van der Waals surface area contributed by atoms with Gasteiger partial charge in [0.1, 0.15) is 12.4 Å². The molecule has 0 aliphatic carbocycles. The second-order valence-electron chi connectivity index (χ2n) is 5.75. The Morgan fingerprint density at radius 1 is 1.26 bits per heavy atom. The summed E-state index contributed by atoms with van der Waals surface area (Å²) in [4.78, 5) is 23.2. The SMILES string of the molecule is Cc1ccccc1OCc1csc(C(=O)Nc2cc([N+](=O)[O-])ccc2Cl)c1. The first-order valence-electron chi connectivity index (χ1n) is 7.95. The number of carbonyl (C=O) groups excluding carboxylic acids is 1. The summed E-state index contributed by atoms with van der Waals surface area (Å²) in [5.41, 5.74) is 1.94. The van der Waals surface area contributed by atoms with E-state index in [9.17, 15) is 14.9 Å². The van der Waals surface area contributed by atoms with Gasteiger partial charge in [-0.25, -0.2) is 0 Å². The summed E-state index contributed by atoms with van der Waals surface area (Å²) in [6.45, 7) is 2.30. The molecule has 3 aromatic rings. The van der Waals surface area contributed by atoms with E-state index in [1.807, 2.05) is 36.6 Å². The number of benzene rings is 2. The topological polar surface area (TPSA) is 81.5 Å². The summed E-state index contributed by atoms with van der Waals surface area (Å²) in [5.74, 6) is 0.405. The number of hydrogen-bond acceptors (Lipinski definition) is 5. The van der Waals surface area contributed by atoms with Crippen LogP contribution >= 0.6 is 22.9 Å². The number of anilines is 1. The minimum Gasteiger partial charge on any atom is -0.489 e. The van der Waals surface area contributed by atoms with Gasteiger partial charge in [0.2, 0.25) is 0 Å². The fourth-order valence-corrected chi connectivity index (χ4v) is 3.31. The van der Waals surface area contributed by atoms with Crippen LogP contribution in [-0.2, 0) is 6.61 Å². The van der Waals surface area contributed by atoms with Crippen molar-refractivity contribution in [3.63, 3.8) is 0 Å². The summed E-state index contributed by atoms with van der Waals surface area (Å²) in [7, 11) is 0. The number of aryl methyl sites for hydroxylation is 1. The van der Waals surface area contributed by atoms with E-state index in [0.717, 1.165) is 16.9 Å². The number of nitrogens with one attached hydrogen (secondary N) is 1. The van der Waals surface area contributed by atoms with Crippen LogP contribution in [0.15, 0.2) is 53.9 Å². The van der Waals surface area contributed by atoms with Gasteiger partial charge in [0.25, 0.3) is 11.6 Å². The molecule has 8 heteroatoms. The van der Waals surface area contributed by atoms with E-state index < -0.39 is 4.92 Å². The molecule has 27 heavy (non-hydrogen) atoms. The van der Waals surface area contributed by atoms with E-state index in [2.05, 4.69) is 5.32 Å². The Morgan fingerprint density at radius 3 is 2.78 bits per heavy atom. The number of non-ortho nitro benzene ring substituents is 1. The zero-order valence-corrected chi connectivity index (χ0v) is 15.8. The van der Waals surface area contributed by atoms with Crippen LogP contribution in [0.3, 0.4) is 0 Å². The van der Waals surface area contributed by atoms with Crippen molar-refractivity contribution in [1.29, 1.82) is 0 Å². The Morgan fingerprint density at radius 2 is 2.04 bits per heavy atom. The second-order valence-corrected chi connectivity index (χ2v) is 7.07. The molecule has 0 fully saturated rings. The number of nitro benzene ring substituents is 1. The van der Waals surface area contributed by atoms with E-state index >= 15 is 0 Å². The number of carbonyl (C=O) groups is 1. The number of amides is 1. The molecule has 6 nitrogen and oxygen atoms in total. The highest BCUT2D eigenvalue weighted by atomic mass is 35.5. The van der Waals surface area contributed by atoms with Crippen LogP contribution in [0.4, 0.5) is 11.4 Å². The van der Waals surface area contributed by atoms with E-state index in [0.29, 0.717) is 11.5 Å². The third-order valence-electron chi connectivity index (χ3n) is 3.77. The normalized spacial score (nSPS) is 10.4. The summed E-state index contributed by atoms with van der Waals surface area (Å²) in [6.07, 6.45) is 0. The second kappa shape index (κ2) is 8.20. The van der Waals surface area contributed by atoms with E-state index in [-0.39, 0.29) is 22.3 Å². The molecule has 0 bridgehead atoms. The summed E-state index contributed by atoms with van der Waals surface area (Å²) < 4.78 is 5.77. The largest absolute Gasteiger partial charge is 0.489 e. The number of nitro groups is 1. The third-order valence-corrected chi connectivity index (χ3v) is 5.08. The van der Waals surface area contributed by atoms with Crippen LogP contribution < -0.4 is 10.1 Å². The first-order valence-corrected chi connectivity index (χ1v) is 9.21. The molecule has 0 saturated heterocycles. The molecule has 0 atom stereocenters. The number of hydrogen-bond donors (Lipinski definition) is 1. The average molecular weight is 403 g/mol. The van der Waals surface area contributed by atoms with Crippen LogP contribution in [-0.4, -0.2) is 10.8 Å². The molecular formula is C19H15ClN2O4S. The molecule has 138 valence electrons. The van der Waals surface area contributed by atoms with Crippen molar-refractivity contribution < 1.29 is 14.5 Å². The minimum atomic E-state index is -0.544. The first-order chi connectivity index (χ1) is 12.9. The molecule has 0 aliphatic heterocycles. The Labute approximate surface area is 164 Å². The van der Waals surface area contributed by atoms with Crippen molar-refractivity contribution in [2.75, 3.05) is 5.32 Å². The number of halogens is 1. The van der Waals surface area contributed by atoms with E-state index in [4.69, 9.17) is 16.3 Å². The number of rotatable bonds is 6. The lowest BCUT2D eigenvalue weighted by Gasteiger charge is -2.07. The molecule has 1 amide bonds. The molecule has 2 aromatic carbocycles. The van der Waals surface area contributed by atoms with Crippen molar-refractivity contribution in [3.8, 4) is 5.75 Å². The number of para-hydroxylation sites is 1. The molecule has 0 spiro atoms. The molecule has 1 heterocycles. The average Bonchev–Trinajstić information content (AvgIpc) is 3.12. The van der Waals surface area contributed by atoms with Gasteiger partial charge in [-0.15, -0.1) is 11.3 Å². The zero-order valence-electron chi connectivity index (χ0n) is 14.3. The van der Waals surface area contributed by atoms with Gasteiger partial charge in [-0.2, -0.15) is 0 Å². The van der Waals surface area contributed by atoms with Gasteiger partial charge in [-0.1, -0.05) is 29.8 Å². The smallest absolute Gasteiger partial charge is 0.271 e. The van der Waals surface area contributed by atoms with Gasteiger partial charge in [0, 0.05) is 17.7 Å². The van der Waals surface area contributed by atoms with Gasteiger partial charge < -0.3 is 10.1 Å². The van der Waals surface area contributed by atoms with Crippen LogP contribution in [0.1, 0.15) is 20.8 Å². The van der Waals surface area contributed by atoms with Crippen molar-refractivity contribution in [2.24, 2.45) is 0 Å². The van der Waals surface area contributed by atoms with Crippen LogP contribution in [0.2, 0.25) is 5.02 Å². The number of ether oxygens (including phenoxy) is 1. The Kier molecular flexibility index (Phi) is 5.73. The van der Waals surface area contributed by atoms with Crippen molar-refractivity contribution in [1.82, 2.24) is 0 Å². The monoisotopic (exact) mass is 402 g/mol. The van der Waals surface area contributed by atoms with Crippen molar-refractivity contribution in [3.05, 3.63) is 85.1 Å². The molecule has 0 unspecified atom stereocenters. The highest BCUT2D eigenvalue weighted by Gasteiger charge is 2.15. The predicted octanol–water partition coefficient (Wildman–Crippen LogP) is 5.45. The van der Waals surface area contributed by atoms with Gasteiger partial charge in [-0.3, -0.25) is 14.9 Å². The third kappa shape index (κ3) is 4.64. The Bertz CT molecular complexity index is 1000. The van der Waals surface area contributed by atoms with Crippen LogP contribution in [0.5, 0.6) is 5.75 Å². The van der Waals surface area contributed by atoms with Crippen molar-refractivity contribution in [2.45, 2.75) is 13.5 Å². The highest BCUT2D eigenvalue weighted by Crippen LogP contribution is 2.28. The maximum Gasteiger partial charge on any atom is 0.271 e. The lowest BCUT2D eigenvalue weighted by atomic mass is 10.2. The molecule has 1 N–H and O–H groups in total. The predicted molar refractivity (Wildman–Crippen MR) is 106 cm³/mol. The number of thiophene rings is 1. The fraction of sp³-hybridized carbons (Fsp3) is 0.105. The quantitative estimate of drug-likeness (QED) is 0.439. The fourth-order valence-electron chi connectivity index (χ4n) is 2.36. The Hall–Kier alpha value is -2.90. The van der Waals surface area contributed by atoms with Gasteiger partial charge in [0.15, 0.2) is 0 Å². The number of nitrogens with zero attached hydrogens (tertiary/aromatic N) is 1. The first kappa shape index (κ1) is 18.9. The lowest BCUT2D eigenvalue weighted by Crippen LogP contribution is -2.10. The van der Waals surface area contributed by atoms with Gasteiger partial charge in [-0.05, 0) is 36.1 Å². The molecule has 0 saturated carbocycles. The molecule has 1 aromatic heterocycles. The maximum absolute atomic E-state index is 12.4. The van der Waals surface area contributed by atoms with Crippen molar-refractivity contribution >= 4 is 40.2 Å². The highest BCUT2D eigenvalue weighted by molar-refractivity contribution is 7.12. The summed E-state index contributed by atoms with van der Waals surface area (Å²) >= 11 is 7.28. The summed E-state index contributed by atoms with van der Waals surface area (Å²) in [6, 6.07) is 13.3. The van der Waals surface area contributed by atoms with Gasteiger partial charge >= 0.3 is 0 Å². The Balaban J connectivity index is 1.67. The molecule has 3 rings (SSSR count). The van der Waals surface area contributed by atoms with E-state index in [1.165, 1.54) is 29.5 Å². The summed E-state index contributed by atoms with van der Waals surface area (Å²) in [5, 5.41) is 15.6.